The molecular formula is C28H32BrN3O4S. The van der Waals surface area contributed by atoms with Gasteiger partial charge in [-0.2, -0.15) is 0 Å². The molecule has 0 heterocycles. The Bertz CT molecular complexity index is 1330. The number of benzene rings is 3. The zero-order chi connectivity index (χ0) is 27.0. The second-order valence-corrected chi connectivity index (χ2v) is 11.3. The lowest BCUT2D eigenvalue weighted by Crippen LogP contribution is -2.52. The highest BCUT2D eigenvalue weighted by Gasteiger charge is 2.33. The predicted molar refractivity (Wildman–Crippen MR) is 150 cm³/mol. The van der Waals surface area contributed by atoms with Gasteiger partial charge in [0.1, 0.15) is 12.6 Å². The first-order valence-corrected chi connectivity index (χ1v) is 14.4. The number of carbonyl (C=O) groups is 2. The van der Waals surface area contributed by atoms with Crippen LogP contribution in [0, 0.1) is 6.92 Å². The normalized spacial score (nSPS) is 12.0. The lowest BCUT2D eigenvalue weighted by Gasteiger charge is -2.33. The van der Waals surface area contributed by atoms with Crippen LogP contribution in [0.15, 0.2) is 88.2 Å². The first-order chi connectivity index (χ1) is 17.7. The van der Waals surface area contributed by atoms with Crippen molar-refractivity contribution in [3.63, 3.8) is 0 Å². The summed E-state index contributed by atoms with van der Waals surface area (Å²) in [6.45, 7) is 5.74. The molecule has 37 heavy (non-hydrogen) atoms. The van der Waals surface area contributed by atoms with E-state index in [0.29, 0.717) is 23.1 Å². The van der Waals surface area contributed by atoms with Crippen LogP contribution >= 0.6 is 15.9 Å². The van der Waals surface area contributed by atoms with Crippen LogP contribution in [0.3, 0.4) is 0 Å². The van der Waals surface area contributed by atoms with E-state index in [1.807, 2.05) is 45.0 Å². The number of likely N-dealkylation sites (N-methyl/N-ethyl adjacent to an activating group) is 1. The van der Waals surface area contributed by atoms with Crippen LogP contribution in [0.5, 0.6) is 0 Å². The van der Waals surface area contributed by atoms with Crippen molar-refractivity contribution in [2.75, 3.05) is 17.4 Å². The Morgan fingerprint density at radius 2 is 1.62 bits per heavy atom. The first kappa shape index (κ1) is 28.4. The molecule has 3 rings (SSSR count). The summed E-state index contributed by atoms with van der Waals surface area (Å²) in [5, 5.41) is 2.81. The summed E-state index contributed by atoms with van der Waals surface area (Å²) < 4.78 is 29.3. The van der Waals surface area contributed by atoms with E-state index in [2.05, 4.69) is 21.2 Å². The van der Waals surface area contributed by atoms with E-state index in [0.717, 1.165) is 15.4 Å². The van der Waals surface area contributed by atoms with Crippen molar-refractivity contribution in [3.05, 3.63) is 94.5 Å². The molecule has 0 aliphatic heterocycles. The van der Waals surface area contributed by atoms with Crippen molar-refractivity contribution >= 4 is 43.5 Å². The smallest absolute Gasteiger partial charge is 0.264 e. The van der Waals surface area contributed by atoms with Crippen molar-refractivity contribution in [2.24, 2.45) is 0 Å². The van der Waals surface area contributed by atoms with Gasteiger partial charge in [0, 0.05) is 17.6 Å². The van der Waals surface area contributed by atoms with Crippen molar-refractivity contribution in [1.82, 2.24) is 10.2 Å². The minimum atomic E-state index is -4.08. The zero-order valence-electron chi connectivity index (χ0n) is 21.2. The number of sulfonamides is 1. The summed E-state index contributed by atoms with van der Waals surface area (Å²) in [5.74, 6) is -0.743. The van der Waals surface area contributed by atoms with Gasteiger partial charge in [-0.25, -0.2) is 8.42 Å². The van der Waals surface area contributed by atoms with Crippen LogP contribution in [0.4, 0.5) is 5.69 Å². The second kappa shape index (κ2) is 12.9. The molecule has 0 unspecified atom stereocenters. The summed E-state index contributed by atoms with van der Waals surface area (Å²) in [6.07, 6.45) is 0.381. The molecule has 196 valence electrons. The van der Waals surface area contributed by atoms with Gasteiger partial charge in [-0.1, -0.05) is 71.4 Å². The van der Waals surface area contributed by atoms with E-state index in [-0.39, 0.29) is 17.3 Å². The Labute approximate surface area is 227 Å². The summed E-state index contributed by atoms with van der Waals surface area (Å²) in [5.41, 5.74) is 2.21. The first-order valence-electron chi connectivity index (χ1n) is 12.1. The molecule has 3 aromatic carbocycles. The number of anilines is 1. The summed E-state index contributed by atoms with van der Waals surface area (Å²) in [7, 11) is -4.08. The SMILES string of the molecule is CCNC(=O)[C@@H](CC)N(Cc1ccccc1C)C(=O)CN(c1cccc(Br)c1)S(=O)(=O)c1ccccc1. The van der Waals surface area contributed by atoms with Crippen molar-refractivity contribution in [2.45, 2.75) is 44.7 Å². The maximum absolute atomic E-state index is 13.9. The molecule has 2 amide bonds. The van der Waals surface area contributed by atoms with Gasteiger partial charge < -0.3 is 10.2 Å². The molecule has 0 spiro atoms. The number of hydrogen-bond donors (Lipinski definition) is 1. The van der Waals surface area contributed by atoms with E-state index in [4.69, 9.17) is 0 Å². The number of carbonyl (C=O) groups excluding carboxylic acids is 2. The third-order valence-electron chi connectivity index (χ3n) is 6.05. The fourth-order valence-electron chi connectivity index (χ4n) is 4.06. The molecule has 0 aliphatic rings. The Morgan fingerprint density at radius 3 is 2.24 bits per heavy atom. The molecule has 9 heteroatoms. The minimum absolute atomic E-state index is 0.0731. The molecule has 1 atom stereocenters. The number of aryl methyl sites for hydroxylation is 1. The average molecular weight is 587 g/mol. The lowest BCUT2D eigenvalue weighted by molar-refractivity contribution is -0.140. The maximum Gasteiger partial charge on any atom is 0.264 e. The molecule has 0 radical (unpaired) electrons. The molecule has 0 bridgehead atoms. The molecule has 0 saturated carbocycles. The van der Waals surface area contributed by atoms with Crippen LogP contribution in [-0.4, -0.2) is 44.3 Å². The predicted octanol–water partition coefficient (Wildman–Crippen LogP) is 4.90. The Morgan fingerprint density at radius 1 is 0.946 bits per heavy atom. The fourth-order valence-corrected chi connectivity index (χ4v) is 5.88. The fraction of sp³-hybridized carbons (Fsp3) is 0.286. The van der Waals surface area contributed by atoms with Crippen LogP contribution < -0.4 is 9.62 Å². The molecule has 1 N–H and O–H groups in total. The molecular weight excluding hydrogens is 554 g/mol. The zero-order valence-corrected chi connectivity index (χ0v) is 23.6. The third-order valence-corrected chi connectivity index (χ3v) is 8.33. The maximum atomic E-state index is 13.9. The Balaban J connectivity index is 2.06. The number of nitrogens with one attached hydrogen (secondary N) is 1. The van der Waals surface area contributed by atoms with Crippen LogP contribution in [0.1, 0.15) is 31.4 Å². The highest BCUT2D eigenvalue weighted by Crippen LogP contribution is 2.27. The number of nitrogens with zero attached hydrogens (tertiary/aromatic N) is 2. The third kappa shape index (κ3) is 6.99. The van der Waals surface area contributed by atoms with E-state index in [9.17, 15) is 18.0 Å². The average Bonchev–Trinajstić information content (AvgIpc) is 2.88. The van der Waals surface area contributed by atoms with Gasteiger partial charge in [0.05, 0.1) is 10.6 Å². The molecule has 0 aromatic heterocycles. The van der Waals surface area contributed by atoms with Gasteiger partial charge >= 0.3 is 0 Å². The van der Waals surface area contributed by atoms with Crippen molar-refractivity contribution in [3.8, 4) is 0 Å². The largest absolute Gasteiger partial charge is 0.355 e. The van der Waals surface area contributed by atoms with E-state index in [1.54, 1.807) is 42.5 Å². The summed E-state index contributed by atoms with van der Waals surface area (Å²) >= 11 is 3.40. The highest BCUT2D eigenvalue weighted by atomic mass is 79.9. The monoisotopic (exact) mass is 585 g/mol. The van der Waals surface area contributed by atoms with E-state index in [1.165, 1.54) is 17.0 Å². The summed E-state index contributed by atoms with van der Waals surface area (Å²) in [4.78, 5) is 28.5. The van der Waals surface area contributed by atoms with Gasteiger partial charge in [-0.15, -0.1) is 0 Å². The van der Waals surface area contributed by atoms with Crippen LogP contribution in [0.25, 0.3) is 0 Å². The van der Waals surface area contributed by atoms with Crippen LogP contribution in [-0.2, 0) is 26.2 Å². The highest BCUT2D eigenvalue weighted by molar-refractivity contribution is 9.10. The number of amides is 2. The number of hydrogen-bond acceptors (Lipinski definition) is 4. The molecule has 0 fully saturated rings. The minimum Gasteiger partial charge on any atom is -0.355 e. The number of rotatable bonds is 11. The molecule has 0 aliphatic carbocycles. The van der Waals surface area contributed by atoms with Gasteiger partial charge in [0.25, 0.3) is 10.0 Å². The lowest BCUT2D eigenvalue weighted by atomic mass is 10.1. The number of halogens is 1. The van der Waals surface area contributed by atoms with Gasteiger partial charge in [0.2, 0.25) is 11.8 Å². The quantitative estimate of drug-likeness (QED) is 0.347. The van der Waals surface area contributed by atoms with E-state index < -0.39 is 28.5 Å². The van der Waals surface area contributed by atoms with Crippen molar-refractivity contribution in [1.29, 1.82) is 0 Å². The topological polar surface area (TPSA) is 86.8 Å². The molecule has 7 nitrogen and oxygen atoms in total. The van der Waals surface area contributed by atoms with Gasteiger partial charge in [-0.3, -0.25) is 13.9 Å². The standard InChI is InChI=1S/C28H32BrN3O4S/c1-4-26(28(34)30-5-2)31(19-22-13-10-9-12-21(22)3)27(33)20-32(24-15-11-14-23(29)18-24)37(35,36)25-16-7-6-8-17-25/h6-18,26H,4-5,19-20H2,1-3H3,(H,30,34)/t26-/m1/s1. The molecule has 3 aromatic rings. The Hall–Kier alpha value is -3.17. The van der Waals surface area contributed by atoms with Crippen LogP contribution in [0.2, 0.25) is 0 Å². The van der Waals surface area contributed by atoms with Gasteiger partial charge in [0.15, 0.2) is 0 Å². The van der Waals surface area contributed by atoms with E-state index >= 15 is 0 Å². The second-order valence-electron chi connectivity index (χ2n) is 8.57. The summed E-state index contributed by atoms with van der Waals surface area (Å²) in [6, 6.07) is 21.7. The van der Waals surface area contributed by atoms with Gasteiger partial charge in [-0.05, 0) is 61.7 Å². The molecule has 0 saturated heterocycles. The Kier molecular flexibility index (Phi) is 9.88. The van der Waals surface area contributed by atoms with Crippen molar-refractivity contribution < 1.29 is 18.0 Å².